The zero-order valence-electron chi connectivity index (χ0n) is 13.5. The molecule has 0 unspecified atom stereocenters. The maximum atomic E-state index is 12.5. The monoisotopic (exact) mass is 315 g/mol. The molecule has 3 heterocycles. The van der Waals surface area contributed by atoms with E-state index in [4.69, 9.17) is 4.42 Å². The summed E-state index contributed by atoms with van der Waals surface area (Å²) in [6.45, 7) is 4.97. The van der Waals surface area contributed by atoms with Gasteiger partial charge in [-0.1, -0.05) is 0 Å². The first-order valence-electron chi connectivity index (χ1n) is 7.86. The molecule has 0 saturated carbocycles. The number of carbonyl (C=O) groups excluding carboxylic acids is 1. The third-order valence-corrected chi connectivity index (χ3v) is 4.45. The van der Waals surface area contributed by atoms with E-state index < -0.39 is 0 Å². The number of amides is 1. The van der Waals surface area contributed by atoms with Crippen LogP contribution in [0.5, 0.6) is 0 Å². The molecule has 2 aromatic rings. The third-order valence-electron chi connectivity index (χ3n) is 4.45. The number of aryl methyl sites for hydroxylation is 2. The van der Waals surface area contributed by atoms with Crippen LogP contribution in [0.25, 0.3) is 0 Å². The van der Waals surface area contributed by atoms with Crippen molar-refractivity contribution in [1.29, 1.82) is 0 Å². The molecule has 6 nitrogen and oxygen atoms in total. The molecule has 0 atom stereocenters. The highest BCUT2D eigenvalue weighted by molar-refractivity contribution is 5.95. The lowest BCUT2D eigenvalue weighted by molar-refractivity contribution is 0.0709. The van der Waals surface area contributed by atoms with Gasteiger partial charge in [0, 0.05) is 30.8 Å². The van der Waals surface area contributed by atoms with Gasteiger partial charge < -0.3 is 14.4 Å². The number of likely N-dealkylation sites (tertiary alicyclic amines) is 1. The molecule has 0 radical (unpaired) electrons. The second kappa shape index (κ2) is 6.50. The van der Waals surface area contributed by atoms with Crippen LogP contribution in [0.2, 0.25) is 0 Å². The number of rotatable bonds is 3. The number of nitrogens with zero attached hydrogens (tertiary/aromatic N) is 3. The molecule has 23 heavy (non-hydrogen) atoms. The average Bonchev–Trinajstić information content (AvgIpc) is 3.00. The minimum absolute atomic E-state index is 0.0240. The molecule has 1 aliphatic heterocycles. The Hall–Kier alpha value is -2.21. The van der Waals surface area contributed by atoms with Crippen molar-refractivity contribution in [3.05, 3.63) is 46.9 Å². The van der Waals surface area contributed by atoms with Gasteiger partial charge in [0.2, 0.25) is 0 Å². The predicted octanol–water partition coefficient (Wildman–Crippen LogP) is 2.20. The number of hydrogen-bond acceptors (Lipinski definition) is 5. The lowest BCUT2D eigenvalue weighted by Gasteiger charge is -2.32. The molecule has 0 bridgehead atoms. The van der Waals surface area contributed by atoms with Crippen molar-refractivity contribution < 1.29 is 14.3 Å². The number of aromatic nitrogens is 2. The van der Waals surface area contributed by atoms with Gasteiger partial charge in [-0.2, -0.15) is 0 Å². The van der Waals surface area contributed by atoms with Gasteiger partial charge in [0.1, 0.15) is 11.6 Å². The zero-order chi connectivity index (χ0) is 16.4. The number of furan rings is 1. The summed E-state index contributed by atoms with van der Waals surface area (Å²) in [5, 5.41) is 9.48. The molecule has 1 amide bonds. The van der Waals surface area contributed by atoms with Gasteiger partial charge in [0.15, 0.2) is 0 Å². The van der Waals surface area contributed by atoms with E-state index in [0.29, 0.717) is 30.2 Å². The molecule has 2 aromatic heterocycles. The van der Waals surface area contributed by atoms with Gasteiger partial charge in [-0.05, 0) is 32.8 Å². The summed E-state index contributed by atoms with van der Waals surface area (Å²) < 4.78 is 5.22. The Kier molecular flexibility index (Phi) is 4.43. The van der Waals surface area contributed by atoms with Crippen LogP contribution >= 0.6 is 0 Å². The van der Waals surface area contributed by atoms with E-state index in [1.165, 1.54) is 0 Å². The van der Waals surface area contributed by atoms with Crippen molar-refractivity contribution >= 4 is 5.91 Å². The molecule has 0 spiro atoms. The van der Waals surface area contributed by atoms with Crippen molar-refractivity contribution in [3.8, 4) is 0 Å². The molecule has 1 aliphatic rings. The van der Waals surface area contributed by atoms with Gasteiger partial charge in [0.05, 0.1) is 24.1 Å². The maximum Gasteiger partial charge on any atom is 0.257 e. The van der Waals surface area contributed by atoms with E-state index in [1.807, 2.05) is 11.8 Å². The highest BCUT2D eigenvalue weighted by atomic mass is 16.3. The van der Waals surface area contributed by atoms with Crippen LogP contribution in [0.15, 0.2) is 22.9 Å². The number of hydrogen-bond donors (Lipinski definition) is 1. The van der Waals surface area contributed by atoms with Crippen LogP contribution in [0.3, 0.4) is 0 Å². The molecule has 0 aliphatic carbocycles. The Morgan fingerprint density at radius 3 is 2.74 bits per heavy atom. The van der Waals surface area contributed by atoms with Crippen LogP contribution in [-0.4, -0.2) is 39.0 Å². The fraction of sp³-hybridized carbons (Fsp3) is 0.471. The topological polar surface area (TPSA) is 79.5 Å². The first kappa shape index (κ1) is 15.7. The molecule has 1 saturated heterocycles. The summed E-state index contributed by atoms with van der Waals surface area (Å²) in [6.07, 6.45) is 4.93. The van der Waals surface area contributed by atoms with Crippen molar-refractivity contribution in [1.82, 2.24) is 14.9 Å². The minimum Gasteiger partial charge on any atom is -0.469 e. The quantitative estimate of drug-likeness (QED) is 0.939. The summed E-state index contributed by atoms with van der Waals surface area (Å²) in [4.78, 5) is 23.0. The Labute approximate surface area is 135 Å². The van der Waals surface area contributed by atoms with E-state index in [2.05, 4.69) is 9.97 Å². The Morgan fingerprint density at radius 2 is 2.13 bits per heavy atom. The fourth-order valence-corrected chi connectivity index (χ4v) is 3.12. The smallest absolute Gasteiger partial charge is 0.257 e. The van der Waals surface area contributed by atoms with Crippen LogP contribution in [-0.2, 0) is 6.61 Å². The summed E-state index contributed by atoms with van der Waals surface area (Å²) in [5.74, 6) is 1.65. The van der Waals surface area contributed by atoms with Crippen LogP contribution in [0.1, 0.15) is 52.0 Å². The lowest BCUT2D eigenvalue weighted by Crippen LogP contribution is -2.38. The lowest BCUT2D eigenvalue weighted by atomic mass is 9.90. The third kappa shape index (κ3) is 3.12. The fourth-order valence-electron chi connectivity index (χ4n) is 3.12. The molecular formula is C17H21N3O3. The molecule has 1 N–H and O–H groups in total. The van der Waals surface area contributed by atoms with Crippen molar-refractivity contribution in [2.24, 2.45) is 0 Å². The Bertz CT molecular complexity index is 703. The first-order valence-corrected chi connectivity index (χ1v) is 7.86. The van der Waals surface area contributed by atoms with Gasteiger partial charge in [-0.25, -0.2) is 9.97 Å². The van der Waals surface area contributed by atoms with Gasteiger partial charge >= 0.3 is 0 Å². The summed E-state index contributed by atoms with van der Waals surface area (Å²) >= 11 is 0. The second-order valence-corrected chi connectivity index (χ2v) is 5.94. The van der Waals surface area contributed by atoms with Crippen LogP contribution < -0.4 is 0 Å². The molecule has 0 aromatic carbocycles. The van der Waals surface area contributed by atoms with E-state index >= 15 is 0 Å². The average molecular weight is 315 g/mol. The standard InChI is InChI=1S/C17H21N3O3/c1-11-15(5-8-23-11)17(22)20-6-3-13(4-7-20)16-14(10-21)9-18-12(2)19-16/h5,8-9,13,21H,3-4,6-7,10H2,1-2H3. The van der Waals surface area contributed by atoms with Crippen LogP contribution in [0, 0.1) is 13.8 Å². The zero-order valence-corrected chi connectivity index (χ0v) is 13.5. The minimum atomic E-state index is -0.0526. The highest BCUT2D eigenvalue weighted by Gasteiger charge is 2.28. The maximum absolute atomic E-state index is 12.5. The van der Waals surface area contributed by atoms with Gasteiger partial charge in [-0.3, -0.25) is 4.79 Å². The van der Waals surface area contributed by atoms with Crippen molar-refractivity contribution in [3.63, 3.8) is 0 Å². The number of aliphatic hydroxyl groups is 1. The van der Waals surface area contributed by atoms with E-state index in [0.717, 1.165) is 24.1 Å². The Balaban J connectivity index is 1.70. The Morgan fingerprint density at radius 1 is 1.39 bits per heavy atom. The summed E-state index contributed by atoms with van der Waals surface area (Å²) in [6, 6.07) is 1.72. The van der Waals surface area contributed by atoms with Gasteiger partial charge in [0.25, 0.3) is 5.91 Å². The van der Waals surface area contributed by atoms with E-state index in [-0.39, 0.29) is 18.4 Å². The summed E-state index contributed by atoms with van der Waals surface area (Å²) in [7, 11) is 0. The molecule has 1 fully saturated rings. The first-order chi connectivity index (χ1) is 11.1. The predicted molar refractivity (Wildman–Crippen MR) is 84.0 cm³/mol. The van der Waals surface area contributed by atoms with E-state index in [9.17, 15) is 9.90 Å². The van der Waals surface area contributed by atoms with Gasteiger partial charge in [-0.15, -0.1) is 0 Å². The summed E-state index contributed by atoms with van der Waals surface area (Å²) in [5.41, 5.74) is 2.34. The number of piperidine rings is 1. The largest absolute Gasteiger partial charge is 0.469 e. The highest BCUT2D eigenvalue weighted by Crippen LogP contribution is 2.30. The molecule has 3 rings (SSSR count). The normalized spacial score (nSPS) is 15.9. The SMILES string of the molecule is Cc1ncc(CO)c(C2CCN(C(=O)c3ccoc3C)CC2)n1. The van der Waals surface area contributed by atoms with Crippen molar-refractivity contribution in [2.75, 3.05) is 13.1 Å². The second-order valence-electron chi connectivity index (χ2n) is 5.94. The molecule has 122 valence electrons. The number of carbonyl (C=O) groups is 1. The molecular weight excluding hydrogens is 294 g/mol. The molecule has 6 heteroatoms. The van der Waals surface area contributed by atoms with E-state index in [1.54, 1.807) is 25.5 Å². The number of aliphatic hydroxyl groups excluding tert-OH is 1. The van der Waals surface area contributed by atoms with Crippen molar-refractivity contribution in [2.45, 2.75) is 39.2 Å². The van der Waals surface area contributed by atoms with Crippen LogP contribution in [0.4, 0.5) is 0 Å².